The fourth-order valence-corrected chi connectivity index (χ4v) is 1.19. The molecule has 98 valence electrons. The number of carbonyl (C=O) groups is 2. The number of rotatable bonds is 8. The van der Waals surface area contributed by atoms with E-state index in [2.05, 4.69) is 10.3 Å². The molecule has 0 aliphatic carbocycles. The predicted molar refractivity (Wildman–Crippen MR) is 64.4 cm³/mol. The summed E-state index contributed by atoms with van der Waals surface area (Å²) < 4.78 is 6.90. The van der Waals surface area contributed by atoms with Gasteiger partial charge in [-0.1, -0.05) is 6.90 Å². The highest BCUT2D eigenvalue weighted by atomic mass is 16.4. The summed E-state index contributed by atoms with van der Waals surface area (Å²) in [5.74, 6) is -1.48. The number of carboxylic acids is 1. The van der Waals surface area contributed by atoms with E-state index < -0.39 is 12.0 Å². The van der Waals surface area contributed by atoms with E-state index >= 15 is 0 Å². The summed E-state index contributed by atoms with van der Waals surface area (Å²) in [7, 11) is 0. The Morgan fingerprint density at radius 2 is 2.24 bits per heavy atom. The molecule has 0 aromatic carbocycles. The maximum Gasteiger partial charge on any atom is 0.326 e. The van der Waals surface area contributed by atoms with Crippen molar-refractivity contribution < 1.29 is 16.1 Å². The standard InChI is InChI=1S/C10H20N4O3/c1-2-4-8(15)14-7(9(16)17)5-3-6-13-10(11)12/h7H,2-6H2,1H3,(H,14,15)(H,16,17)(H4,11,12,13)/t7-/m0/s1/i1D. The van der Waals surface area contributed by atoms with Crippen molar-refractivity contribution in [3.8, 4) is 0 Å². The number of nitrogens with zero attached hydrogens (tertiary/aromatic N) is 1. The van der Waals surface area contributed by atoms with Crippen molar-refractivity contribution in [2.24, 2.45) is 16.5 Å². The molecule has 0 saturated carbocycles. The number of guanidine groups is 1. The van der Waals surface area contributed by atoms with Crippen LogP contribution in [0.15, 0.2) is 4.99 Å². The lowest BCUT2D eigenvalue weighted by molar-refractivity contribution is -0.142. The first-order valence-corrected chi connectivity index (χ1v) is 5.34. The zero-order valence-corrected chi connectivity index (χ0v) is 9.69. The van der Waals surface area contributed by atoms with E-state index in [4.69, 9.17) is 17.9 Å². The van der Waals surface area contributed by atoms with E-state index in [1.54, 1.807) is 0 Å². The Morgan fingerprint density at radius 3 is 2.76 bits per heavy atom. The lowest BCUT2D eigenvalue weighted by Crippen LogP contribution is -2.40. The quantitative estimate of drug-likeness (QED) is 0.258. The van der Waals surface area contributed by atoms with Gasteiger partial charge in [0.25, 0.3) is 0 Å². The molecule has 0 radical (unpaired) electrons. The van der Waals surface area contributed by atoms with Gasteiger partial charge in [-0.15, -0.1) is 0 Å². The van der Waals surface area contributed by atoms with E-state index in [9.17, 15) is 9.59 Å². The molecule has 1 amide bonds. The largest absolute Gasteiger partial charge is 0.480 e. The van der Waals surface area contributed by atoms with Crippen molar-refractivity contribution >= 4 is 17.8 Å². The molecule has 0 rings (SSSR count). The summed E-state index contributed by atoms with van der Waals surface area (Å²) in [5.41, 5.74) is 10.3. The molecule has 6 N–H and O–H groups in total. The second-order valence-electron chi connectivity index (χ2n) is 3.51. The van der Waals surface area contributed by atoms with Crippen molar-refractivity contribution in [1.82, 2.24) is 5.32 Å². The van der Waals surface area contributed by atoms with Gasteiger partial charge < -0.3 is 21.9 Å². The molecule has 0 aliphatic heterocycles. The first-order valence-electron chi connectivity index (χ1n) is 6.05. The van der Waals surface area contributed by atoms with Crippen LogP contribution in [0.2, 0.25) is 0 Å². The Kier molecular flexibility index (Phi) is 6.54. The molecule has 7 nitrogen and oxygen atoms in total. The molecule has 0 unspecified atom stereocenters. The van der Waals surface area contributed by atoms with Crippen LogP contribution in [-0.2, 0) is 9.59 Å². The van der Waals surface area contributed by atoms with Gasteiger partial charge >= 0.3 is 5.97 Å². The number of hydrogen-bond donors (Lipinski definition) is 4. The smallest absolute Gasteiger partial charge is 0.326 e. The highest BCUT2D eigenvalue weighted by Gasteiger charge is 2.18. The number of hydrogen-bond acceptors (Lipinski definition) is 3. The third kappa shape index (κ3) is 8.06. The van der Waals surface area contributed by atoms with E-state index in [0.29, 0.717) is 19.4 Å². The fraction of sp³-hybridized carbons (Fsp3) is 0.700. The SMILES string of the molecule is [2H]CCCC(=O)N[C@@H](CCCN=C(N)N)C(=O)O. The molecule has 7 heteroatoms. The van der Waals surface area contributed by atoms with Gasteiger partial charge in [-0.25, -0.2) is 4.79 Å². The molecule has 1 atom stereocenters. The van der Waals surface area contributed by atoms with Gasteiger partial charge in [0.05, 0.1) is 0 Å². The fourth-order valence-electron chi connectivity index (χ4n) is 1.19. The van der Waals surface area contributed by atoms with Crippen LogP contribution in [0.1, 0.15) is 34.0 Å². The molecular weight excluding hydrogens is 224 g/mol. The maximum absolute atomic E-state index is 11.3. The topological polar surface area (TPSA) is 131 Å². The van der Waals surface area contributed by atoms with Crippen LogP contribution < -0.4 is 16.8 Å². The van der Waals surface area contributed by atoms with Crippen LogP contribution in [0.5, 0.6) is 0 Å². The number of aliphatic carboxylic acids is 1. The van der Waals surface area contributed by atoms with Gasteiger partial charge in [-0.2, -0.15) is 0 Å². The number of nitrogens with one attached hydrogen (secondary N) is 1. The number of carbonyl (C=O) groups excluding carboxylic acids is 1. The summed E-state index contributed by atoms with van der Waals surface area (Å²) in [6, 6.07) is -0.933. The van der Waals surface area contributed by atoms with Crippen LogP contribution in [0.4, 0.5) is 0 Å². The summed E-state index contributed by atoms with van der Waals surface area (Å²) in [5, 5.41) is 11.3. The Bertz CT molecular complexity index is 305. The molecule has 0 spiro atoms. The first kappa shape index (κ1) is 13.3. The van der Waals surface area contributed by atoms with Gasteiger partial charge in [-0.3, -0.25) is 9.79 Å². The maximum atomic E-state index is 11.3. The van der Waals surface area contributed by atoms with Crippen LogP contribution >= 0.6 is 0 Å². The normalized spacial score (nSPS) is 12.4. The molecular formula is C10H20N4O3. The summed E-state index contributed by atoms with van der Waals surface area (Å²) in [6.07, 6.45) is 1.32. The van der Waals surface area contributed by atoms with Crippen LogP contribution in [0.3, 0.4) is 0 Å². The number of amides is 1. The molecule has 0 fully saturated rings. The van der Waals surface area contributed by atoms with Gasteiger partial charge in [-0.05, 0) is 19.3 Å². The molecule has 0 bridgehead atoms. The lowest BCUT2D eigenvalue weighted by atomic mass is 10.1. The van der Waals surface area contributed by atoms with Crippen molar-refractivity contribution in [1.29, 1.82) is 0 Å². The summed E-state index contributed by atoms with van der Waals surface area (Å²) >= 11 is 0. The predicted octanol–water partition coefficient (Wildman–Crippen LogP) is -0.590. The number of carboxylic acid groups (broad SMARTS) is 1. The third-order valence-corrected chi connectivity index (χ3v) is 1.98. The minimum atomic E-state index is -1.08. The molecule has 0 saturated heterocycles. The molecule has 0 aliphatic rings. The van der Waals surface area contributed by atoms with Crippen LogP contribution in [0.25, 0.3) is 0 Å². The monoisotopic (exact) mass is 245 g/mol. The minimum absolute atomic E-state index is 0.0404. The van der Waals surface area contributed by atoms with Crippen LogP contribution in [0, 0.1) is 0 Å². The number of nitrogens with two attached hydrogens (primary N) is 2. The minimum Gasteiger partial charge on any atom is -0.480 e. The van der Waals surface area contributed by atoms with Crippen molar-refractivity contribution in [3.63, 3.8) is 0 Å². The molecule has 0 aromatic rings. The molecule has 17 heavy (non-hydrogen) atoms. The lowest BCUT2D eigenvalue weighted by Gasteiger charge is -2.13. The summed E-state index contributed by atoms with van der Waals surface area (Å²) in [4.78, 5) is 26.0. The van der Waals surface area contributed by atoms with Crippen LogP contribution in [-0.4, -0.2) is 35.5 Å². The first-order chi connectivity index (χ1) is 8.47. The highest BCUT2D eigenvalue weighted by Crippen LogP contribution is 1.99. The number of aliphatic imine (C=N–C) groups is 1. The second-order valence-corrected chi connectivity index (χ2v) is 3.51. The molecule has 0 aromatic heterocycles. The highest BCUT2D eigenvalue weighted by molar-refractivity contribution is 5.83. The van der Waals surface area contributed by atoms with Gasteiger partial charge in [0, 0.05) is 14.3 Å². The van der Waals surface area contributed by atoms with E-state index in [1.165, 1.54) is 0 Å². The Hall–Kier alpha value is -1.79. The molecule has 0 heterocycles. The summed E-state index contributed by atoms with van der Waals surface area (Å²) in [6.45, 7) is 0.477. The Morgan fingerprint density at radius 1 is 1.53 bits per heavy atom. The zero-order chi connectivity index (χ0) is 14.0. The van der Waals surface area contributed by atoms with E-state index in [1.807, 2.05) is 0 Å². The van der Waals surface area contributed by atoms with Crippen molar-refractivity contribution in [3.05, 3.63) is 0 Å². The zero-order valence-electron chi connectivity index (χ0n) is 10.7. The van der Waals surface area contributed by atoms with E-state index in [0.717, 1.165) is 0 Å². The van der Waals surface area contributed by atoms with Gasteiger partial charge in [0.1, 0.15) is 6.04 Å². The average molecular weight is 245 g/mol. The average Bonchev–Trinajstić information content (AvgIpc) is 2.29. The van der Waals surface area contributed by atoms with Crippen molar-refractivity contribution in [2.75, 3.05) is 6.54 Å². The van der Waals surface area contributed by atoms with Gasteiger partial charge in [0.15, 0.2) is 5.96 Å². The van der Waals surface area contributed by atoms with Gasteiger partial charge in [0.2, 0.25) is 5.91 Å². The Balaban J connectivity index is 4.03. The van der Waals surface area contributed by atoms with E-state index in [-0.39, 0.29) is 31.6 Å². The van der Waals surface area contributed by atoms with Crippen molar-refractivity contribution in [2.45, 2.75) is 38.6 Å². The second kappa shape index (κ2) is 8.37. The third-order valence-electron chi connectivity index (χ3n) is 1.98. The Labute approximate surface area is 102 Å².